The van der Waals surface area contributed by atoms with Crippen molar-refractivity contribution in [3.05, 3.63) is 29.8 Å². The first-order chi connectivity index (χ1) is 10.1. The van der Waals surface area contributed by atoms with Crippen LogP contribution in [0, 0.1) is 11.8 Å². The molecule has 3 unspecified atom stereocenters. The number of carbonyl (C=O) groups excluding carboxylic acids is 1. The quantitative estimate of drug-likeness (QED) is 0.846. The van der Waals surface area contributed by atoms with Gasteiger partial charge in [0.1, 0.15) is 5.75 Å². The monoisotopic (exact) mass is 290 g/mol. The van der Waals surface area contributed by atoms with Gasteiger partial charge >= 0.3 is 0 Å². The van der Waals surface area contributed by atoms with Gasteiger partial charge in [0.2, 0.25) is 0 Å². The largest absolute Gasteiger partial charge is 0.484 e. The van der Waals surface area contributed by atoms with Gasteiger partial charge in [-0.15, -0.1) is 0 Å². The molecule has 0 radical (unpaired) electrons. The van der Waals surface area contributed by atoms with Crippen molar-refractivity contribution in [2.75, 3.05) is 6.61 Å². The zero-order chi connectivity index (χ0) is 15.2. The first-order valence-corrected chi connectivity index (χ1v) is 7.85. The van der Waals surface area contributed by atoms with Crippen LogP contribution in [0.1, 0.15) is 38.7 Å². The Bertz CT molecular complexity index is 458. The highest BCUT2D eigenvalue weighted by atomic mass is 16.5. The molecular formula is C17H26N2O2. The predicted molar refractivity (Wildman–Crippen MR) is 83.9 cm³/mol. The Hall–Kier alpha value is -1.55. The summed E-state index contributed by atoms with van der Waals surface area (Å²) in [6.45, 7) is 5.04. The van der Waals surface area contributed by atoms with Crippen molar-refractivity contribution < 1.29 is 9.53 Å². The van der Waals surface area contributed by atoms with Crippen LogP contribution < -0.4 is 15.8 Å². The van der Waals surface area contributed by atoms with Crippen molar-refractivity contribution in [2.45, 2.75) is 45.7 Å². The Morgan fingerprint density at radius 2 is 2.05 bits per heavy atom. The van der Waals surface area contributed by atoms with Crippen LogP contribution >= 0.6 is 0 Å². The molecule has 2 rings (SSSR count). The second kappa shape index (κ2) is 7.46. The van der Waals surface area contributed by atoms with Gasteiger partial charge in [-0.3, -0.25) is 4.79 Å². The van der Waals surface area contributed by atoms with E-state index in [1.807, 2.05) is 24.3 Å². The van der Waals surface area contributed by atoms with Crippen LogP contribution in [0.25, 0.3) is 0 Å². The van der Waals surface area contributed by atoms with Gasteiger partial charge in [-0.25, -0.2) is 0 Å². The number of hydrogen-bond acceptors (Lipinski definition) is 3. The molecule has 116 valence electrons. The maximum Gasteiger partial charge on any atom is 0.258 e. The molecule has 1 aromatic rings. The summed E-state index contributed by atoms with van der Waals surface area (Å²) in [5, 5.41) is 3.10. The lowest BCUT2D eigenvalue weighted by molar-refractivity contribution is -0.124. The zero-order valence-corrected chi connectivity index (χ0v) is 13.0. The normalized spacial score (nSPS) is 24.8. The lowest BCUT2D eigenvalue weighted by atomic mass is 9.93. The van der Waals surface area contributed by atoms with Crippen LogP contribution in [0.5, 0.6) is 5.75 Å². The summed E-state index contributed by atoms with van der Waals surface area (Å²) in [5.41, 5.74) is 6.60. The molecule has 1 fully saturated rings. The number of benzene rings is 1. The van der Waals surface area contributed by atoms with E-state index in [1.54, 1.807) is 0 Å². The van der Waals surface area contributed by atoms with Crippen LogP contribution in [0.4, 0.5) is 0 Å². The molecule has 4 nitrogen and oxygen atoms in total. The summed E-state index contributed by atoms with van der Waals surface area (Å²) in [5.74, 6) is 1.96. The van der Waals surface area contributed by atoms with Gasteiger partial charge in [0, 0.05) is 12.6 Å². The lowest BCUT2D eigenvalue weighted by Crippen LogP contribution is -2.40. The molecule has 0 spiro atoms. The van der Waals surface area contributed by atoms with Gasteiger partial charge < -0.3 is 15.8 Å². The first-order valence-electron chi connectivity index (χ1n) is 7.85. The predicted octanol–water partition coefficient (Wildman–Crippen LogP) is 2.46. The highest BCUT2D eigenvalue weighted by Crippen LogP contribution is 2.33. The number of rotatable bonds is 6. The standard InChI is InChI=1S/C17H26N2O2/c1-3-14-6-9-16(12(14)2)19-17(20)11-21-15-7-4-13(10-18)5-8-15/h4-5,7-8,12,14,16H,3,6,9-11,18H2,1-2H3,(H,19,20). The minimum Gasteiger partial charge on any atom is -0.484 e. The van der Waals surface area contributed by atoms with Crippen molar-refractivity contribution in [3.63, 3.8) is 0 Å². The van der Waals surface area contributed by atoms with E-state index in [1.165, 1.54) is 12.8 Å². The maximum absolute atomic E-state index is 12.0. The third-order valence-corrected chi connectivity index (χ3v) is 4.63. The maximum atomic E-state index is 12.0. The number of nitrogens with two attached hydrogens (primary N) is 1. The molecule has 1 amide bonds. The lowest BCUT2D eigenvalue weighted by Gasteiger charge is -2.21. The molecule has 3 N–H and O–H groups in total. The second-order valence-corrected chi connectivity index (χ2v) is 5.92. The van der Waals surface area contributed by atoms with Crippen molar-refractivity contribution in [1.82, 2.24) is 5.32 Å². The number of nitrogens with one attached hydrogen (secondary N) is 1. The third-order valence-electron chi connectivity index (χ3n) is 4.63. The Labute approximate surface area is 127 Å². The Morgan fingerprint density at radius 1 is 1.33 bits per heavy atom. The number of hydrogen-bond donors (Lipinski definition) is 2. The minimum atomic E-state index is -0.0356. The number of amides is 1. The smallest absolute Gasteiger partial charge is 0.258 e. The van der Waals surface area contributed by atoms with E-state index in [9.17, 15) is 4.79 Å². The fourth-order valence-corrected chi connectivity index (χ4v) is 3.15. The Balaban J connectivity index is 1.77. The van der Waals surface area contributed by atoms with Gasteiger partial charge in [0.05, 0.1) is 0 Å². The number of ether oxygens (including phenoxy) is 1. The molecule has 1 aliphatic rings. The van der Waals surface area contributed by atoms with Gasteiger partial charge in [0.15, 0.2) is 6.61 Å². The summed E-state index contributed by atoms with van der Waals surface area (Å²) in [4.78, 5) is 12.0. The van der Waals surface area contributed by atoms with Crippen molar-refractivity contribution in [3.8, 4) is 5.75 Å². The van der Waals surface area contributed by atoms with Crippen LogP contribution in [0.3, 0.4) is 0 Å². The van der Waals surface area contributed by atoms with Gasteiger partial charge in [0.25, 0.3) is 5.91 Å². The minimum absolute atomic E-state index is 0.0356. The van der Waals surface area contributed by atoms with E-state index in [4.69, 9.17) is 10.5 Å². The van der Waals surface area contributed by atoms with E-state index < -0.39 is 0 Å². The van der Waals surface area contributed by atoms with Gasteiger partial charge in [-0.1, -0.05) is 32.4 Å². The fourth-order valence-electron chi connectivity index (χ4n) is 3.15. The Kier molecular flexibility index (Phi) is 5.62. The summed E-state index contributed by atoms with van der Waals surface area (Å²) in [6.07, 6.45) is 3.48. The SMILES string of the molecule is CCC1CCC(NC(=O)COc2ccc(CN)cc2)C1C. The summed E-state index contributed by atoms with van der Waals surface area (Å²) in [6, 6.07) is 7.82. The van der Waals surface area contributed by atoms with Crippen molar-refractivity contribution in [1.29, 1.82) is 0 Å². The molecule has 0 bridgehead atoms. The molecule has 21 heavy (non-hydrogen) atoms. The van der Waals surface area contributed by atoms with Crippen molar-refractivity contribution in [2.24, 2.45) is 17.6 Å². The van der Waals surface area contributed by atoms with Crippen LogP contribution in [0.15, 0.2) is 24.3 Å². The molecule has 4 heteroatoms. The summed E-state index contributed by atoms with van der Waals surface area (Å²) in [7, 11) is 0. The van der Waals surface area contributed by atoms with Crippen molar-refractivity contribution >= 4 is 5.91 Å². The Morgan fingerprint density at radius 3 is 2.62 bits per heavy atom. The highest BCUT2D eigenvalue weighted by molar-refractivity contribution is 5.77. The third kappa shape index (κ3) is 4.21. The molecule has 0 saturated heterocycles. The van der Waals surface area contributed by atoms with Gasteiger partial charge in [-0.05, 0) is 42.4 Å². The molecule has 0 heterocycles. The van der Waals surface area contributed by atoms with Crippen LogP contribution in [-0.4, -0.2) is 18.6 Å². The van der Waals surface area contributed by atoms with Crippen LogP contribution in [-0.2, 0) is 11.3 Å². The molecular weight excluding hydrogens is 264 g/mol. The van der Waals surface area contributed by atoms with Gasteiger partial charge in [-0.2, -0.15) is 0 Å². The molecule has 1 aromatic carbocycles. The average molecular weight is 290 g/mol. The average Bonchev–Trinajstić information content (AvgIpc) is 2.86. The van der Waals surface area contributed by atoms with E-state index in [0.717, 1.165) is 17.9 Å². The summed E-state index contributed by atoms with van der Waals surface area (Å²) < 4.78 is 5.51. The molecule has 0 aliphatic heterocycles. The summed E-state index contributed by atoms with van der Waals surface area (Å²) >= 11 is 0. The molecule has 1 aliphatic carbocycles. The second-order valence-electron chi connectivity index (χ2n) is 5.92. The fraction of sp³-hybridized carbons (Fsp3) is 0.588. The molecule has 3 atom stereocenters. The number of carbonyl (C=O) groups is 1. The van der Waals surface area contributed by atoms with Crippen LogP contribution in [0.2, 0.25) is 0 Å². The first kappa shape index (κ1) is 15.8. The highest BCUT2D eigenvalue weighted by Gasteiger charge is 2.32. The van der Waals surface area contributed by atoms with E-state index in [2.05, 4.69) is 19.2 Å². The van der Waals surface area contributed by atoms with E-state index in [0.29, 0.717) is 24.3 Å². The zero-order valence-electron chi connectivity index (χ0n) is 13.0. The van der Waals surface area contributed by atoms with E-state index in [-0.39, 0.29) is 12.5 Å². The van der Waals surface area contributed by atoms with E-state index >= 15 is 0 Å². The topological polar surface area (TPSA) is 64.3 Å². The molecule has 0 aromatic heterocycles. The molecule has 1 saturated carbocycles.